The fraction of sp³-hybridized carbons (Fsp3) is 0.100. The summed E-state index contributed by atoms with van der Waals surface area (Å²) in [5.41, 5.74) is -0.482. The van der Waals surface area contributed by atoms with Crippen LogP contribution >= 0.6 is 11.6 Å². The number of anilines is 1. The quantitative estimate of drug-likeness (QED) is 0.608. The van der Waals surface area contributed by atoms with E-state index in [1.807, 2.05) is 30.3 Å². The highest BCUT2D eigenvalue weighted by Crippen LogP contribution is 2.26. The first kappa shape index (κ1) is 19.3. The minimum Gasteiger partial charge on any atom is -0.488 e. The molecule has 8 heteroatoms. The van der Waals surface area contributed by atoms with Gasteiger partial charge in [-0.2, -0.15) is 0 Å². The number of methoxy groups -OCH3 is 2. The Morgan fingerprint density at radius 3 is 2.21 bits per heavy atom. The Kier molecular flexibility index (Phi) is 5.86. The van der Waals surface area contributed by atoms with E-state index in [-0.39, 0.29) is 22.3 Å². The summed E-state index contributed by atoms with van der Waals surface area (Å²) in [6, 6.07) is 16.0. The number of ether oxygens (including phenoxy) is 3. The molecule has 0 saturated carbocycles. The summed E-state index contributed by atoms with van der Waals surface area (Å²) in [6.45, 7) is 0. The molecule has 0 bridgehead atoms. The highest BCUT2D eigenvalue weighted by Gasteiger charge is 2.23. The minimum absolute atomic E-state index is 0.0384. The molecule has 144 valence electrons. The third kappa shape index (κ3) is 4.10. The van der Waals surface area contributed by atoms with Crippen LogP contribution in [0, 0.1) is 0 Å². The van der Waals surface area contributed by atoms with Gasteiger partial charge >= 0.3 is 0 Å². The molecule has 1 aromatic heterocycles. The lowest BCUT2D eigenvalue weighted by Gasteiger charge is -2.11. The zero-order valence-electron chi connectivity index (χ0n) is 15.1. The molecule has 0 radical (unpaired) electrons. The molecule has 2 N–H and O–H groups in total. The lowest BCUT2D eigenvalue weighted by molar-refractivity contribution is 0.102. The first-order valence-corrected chi connectivity index (χ1v) is 8.59. The van der Waals surface area contributed by atoms with Gasteiger partial charge in [-0.15, -0.1) is 0 Å². The van der Waals surface area contributed by atoms with Crippen molar-refractivity contribution in [1.82, 2.24) is 4.98 Å². The van der Waals surface area contributed by atoms with E-state index in [1.54, 1.807) is 24.3 Å². The molecule has 3 rings (SSSR count). The zero-order valence-corrected chi connectivity index (χ0v) is 15.9. The van der Waals surface area contributed by atoms with Crippen LogP contribution in [0.4, 0.5) is 5.69 Å². The number of halogens is 1. The Bertz CT molecular complexity index is 1030. The van der Waals surface area contributed by atoms with Crippen molar-refractivity contribution >= 4 is 23.2 Å². The van der Waals surface area contributed by atoms with Crippen molar-refractivity contribution in [2.45, 2.75) is 0 Å². The van der Waals surface area contributed by atoms with Crippen molar-refractivity contribution in [2.24, 2.45) is 0 Å². The van der Waals surface area contributed by atoms with E-state index in [1.165, 1.54) is 14.2 Å². The van der Waals surface area contributed by atoms with Crippen LogP contribution in [0.1, 0.15) is 10.4 Å². The lowest BCUT2D eigenvalue weighted by atomic mass is 10.2. The molecule has 28 heavy (non-hydrogen) atoms. The number of aromatic amines is 1. The molecular formula is C20H17ClN2O5. The number of aromatic nitrogens is 1. The average molecular weight is 401 g/mol. The predicted octanol–water partition coefficient (Wildman–Crippen LogP) is 4.09. The second-order valence-electron chi connectivity index (χ2n) is 5.60. The Hall–Kier alpha value is -3.45. The molecule has 0 spiro atoms. The van der Waals surface area contributed by atoms with Crippen LogP contribution in [0.2, 0.25) is 5.15 Å². The zero-order chi connectivity index (χ0) is 20.1. The number of nitrogens with one attached hydrogen (secondary N) is 2. The number of hydrogen-bond acceptors (Lipinski definition) is 5. The molecule has 0 saturated heterocycles. The minimum atomic E-state index is -0.677. The summed E-state index contributed by atoms with van der Waals surface area (Å²) in [5, 5.41) is 2.48. The standard InChI is InChI=1S/C20H17ClN2O5/c1-26-17-16(24)15(18(21)23-20(17)27-2)19(25)22-12-8-10-14(11-9-12)28-13-6-4-3-5-7-13/h3-11H,1-2H3,(H,22,25)(H,23,24). The van der Waals surface area contributed by atoms with Crippen molar-refractivity contribution in [2.75, 3.05) is 19.5 Å². The maximum Gasteiger partial charge on any atom is 0.262 e. The summed E-state index contributed by atoms with van der Waals surface area (Å²) in [4.78, 5) is 27.7. The topological polar surface area (TPSA) is 89.7 Å². The smallest absolute Gasteiger partial charge is 0.262 e. The van der Waals surface area contributed by atoms with Gasteiger partial charge in [0.2, 0.25) is 17.1 Å². The van der Waals surface area contributed by atoms with Crippen LogP contribution in [0.5, 0.6) is 23.1 Å². The molecule has 0 aliphatic heterocycles. The summed E-state index contributed by atoms with van der Waals surface area (Å²) in [7, 11) is 2.65. The van der Waals surface area contributed by atoms with E-state index in [2.05, 4.69) is 10.3 Å². The van der Waals surface area contributed by atoms with Gasteiger partial charge in [0.05, 0.1) is 14.2 Å². The lowest BCUT2D eigenvalue weighted by Crippen LogP contribution is -2.24. The van der Waals surface area contributed by atoms with Crippen LogP contribution in [0.3, 0.4) is 0 Å². The Balaban J connectivity index is 1.79. The summed E-state index contributed by atoms with van der Waals surface area (Å²) >= 11 is 6.05. The van der Waals surface area contributed by atoms with Gasteiger partial charge < -0.3 is 24.5 Å². The Labute approximate surface area is 165 Å². The second kappa shape index (κ2) is 8.49. The molecule has 0 atom stereocenters. The van der Waals surface area contributed by atoms with Crippen LogP contribution in [-0.4, -0.2) is 25.1 Å². The molecule has 3 aromatic rings. The monoisotopic (exact) mass is 400 g/mol. The van der Waals surface area contributed by atoms with Crippen molar-refractivity contribution in [3.63, 3.8) is 0 Å². The highest BCUT2D eigenvalue weighted by molar-refractivity contribution is 6.33. The first-order valence-electron chi connectivity index (χ1n) is 8.21. The van der Waals surface area contributed by atoms with Crippen LogP contribution in [0.25, 0.3) is 0 Å². The van der Waals surface area contributed by atoms with Gasteiger partial charge in [-0.1, -0.05) is 29.8 Å². The summed E-state index contributed by atoms with van der Waals surface area (Å²) in [5.74, 6) is 0.526. The number of rotatable bonds is 6. The van der Waals surface area contributed by atoms with Crippen LogP contribution in [-0.2, 0) is 0 Å². The number of amides is 1. The maximum absolute atomic E-state index is 12.6. The fourth-order valence-electron chi connectivity index (χ4n) is 2.49. The number of carbonyl (C=O) groups is 1. The van der Waals surface area contributed by atoms with Gasteiger partial charge in [-0.25, -0.2) is 0 Å². The molecule has 2 aromatic carbocycles. The number of carbonyl (C=O) groups excluding carboxylic acids is 1. The van der Waals surface area contributed by atoms with Gasteiger partial charge in [0, 0.05) is 5.69 Å². The SMILES string of the molecule is COc1[nH]c(Cl)c(C(=O)Nc2ccc(Oc3ccccc3)cc2)c(=O)c1OC. The van der Waals surface area contributed by atoms with E-state index < -0.39 is 11.3 Å². The molecule has 0 unspecified atom stereocenters. The van der Waals surface area contributed by atoms with Crippen LogP contribution < -0.4 is 25.0 Å². The van der Waals surface area contributed by atoms with Crippen molar-refractivity contribution in [3.05, 3.63) is 75.5 Å². The third-order valence-corrected chi connectivity index (χ3v) is 4.09. The molecule has 0 aliphatic rings. The van der Waals surface area contributed by atoms with Gasteiger partial charge in [0.1, 0.15) is 22.2 Å². The molecule has 0 fully saturated rings. The largest absolute Gasteiger partial charge is 0.488 e. The maximum atomic E-state index is 12.6. The molecule has 1 heterocycles. The third-order valence-electron chi connectivity index (χ3n) is 3.81. The Morgan fingerprint density at radius 2 is 1.61 bits per heavy atom. The van der Waals surface area contributed by atoms with E-state index >= 15 is 0 Å². The summed E-state index contributed by atoms with van der Waals surface area (Å²) in [6.07, 6.45) is 0. The van der Waals surface area contributed by atoms with Gasteiger partial charge in [0.15, 0.2) is 0 Å². The number of para-hydroxylation sites is 1. The fourth-order valence-corrected chi connectivity index (χ4v) is 2.75. The average Bonchev–Trinajstić information content (AvgIpc) is 2.70. The predicted molar refractivity (Wildman–Crippen MR) is 106 cm³/mol. The second-order valence-corrected chi connectivity index (χ2v) is 5.98. The molecule has 1 amide bonds. The van der Waals surface area contributed by atoms with Crippen molar-refractivity contribution in [1.29, 1.82) is 0 Å². The van der Waals surface area contributed by atoms with E-state index in [9.17, 15) is 9.59 Å². The first-order chi connectivity index (χ1) is 13.5. The number of H-pyrrole nitrogens is 1. The van der Waals surface area contributed by atoms with E-state index in [4.69, 9.17) is 25.8 Å². The normalized spacial score (nSPS) is 10.2. The van der Waals surface area contributed by atoms with Crippen molar-refractivity contribution in [3.8, 4) is 23.1 Å². The van der Waals surface area contributed by atoms with Gasteiger partial charge in [-0.3, -0.25) is 9.59 Å². The number of pyridine rings is 1. The summed E-state index contributed by atoms with van der Waals surface area (Å²) < 4.78 is 15.7. The van der Waals surface area contributed by atoms with E-state index in [0.717, 1.165) is 0 Å². The van der Waals surface area contributed by atoms with Crippen LogP contribution in [0.15, 0.2) is 59.4 Å². The molecule has 7 nitrogen and oxygen atoms in total. The van der Waals surface area contributed by atoms with E-state index in [0.29, 0.717) is 17.2 Å². The van der Waals surface area contributed by atoms with Gasteiger partial charge in [0.25, 0.3) is 5.91 Å². The van der Waals surface area contributed by atoms with Gasteiger partial charge in [-0.05, 0) is 36.4 Å². The number of hydrogen-bond donors (Lipinski definition) is 2. The number of benzene rings is 2. The molecular weight excluding hydrogens is 384 g/mol. The highest BCUT2D eigenvalue weighted by atomic mass is 35.5. The molecule has 0 aliphatic carbocycles. The van der Waals surface area contributed by atoms with Crippen molar-refractivity contribution < 1.29 is 19.0 Å². The Morgan fingerprint density at radius 1 is 0.964 bits per heavy atom.